The van der Waals surface area contributed by atoms with Crippen LogP contribution in [0, 0.1) is 0 Å². The highest BCUT2D eigenvalue weighted by Gasteiger charge is 2.33. The normalized spacial score (nSPS) is 12.8. The maximum absolute atomic E-state index is 12.7. The summed E-state index contributed by atoms with van der Waals surface area (Å²) in [7, 11) is 1.31. The molecule has 7 nitrogen and oxygen atoms in total. The van der Waals surface area contributed by atoms with Gasteiger partial charge in [0.15, 0.2) is 5.78 Å². The van der Waals surface area contributed by atoms with Crippen molar-refractivity contribution in [3.05, 3.63) is 66.9 Å². The first kappa shape index (κ1) is 20.9. The van der Waals surface area contributed by atoms with E-state index in [2.05, 4.69) is 5.48 Å². The molecule has 0 fully saturated rings. The summed E-state index contributed by atoms with van der Waals surface area (Å²) in [5.74, 6) is -0.305. The summed E-state index contributed by atoms with van der Waals surface area (Å²) in [5, 5.41) is 0.233. The molecule has 0 aliphatic carbocycles. The number of aromatic nitrogens is 2. The van der Waals surface area contributed by atoms with Crippen LogP contribution in [0.15, 0.2) is 33.9 Å². The number of rotatable bonds is 6. The summed E-state index contributed by atoms with van der Waals surface area (Å²) in [6, 6.07) is 3.81. The van der Waals surface area contributed by atoms with Gasteiger partial charge in [0.2, 0.25) is 0 Å². The molecule has 27 heavy (non-hydrogen) atoms. The van der Waals surface area contributed by atoms with Crippen LogP contribution in [0.2, 0.25) is 5.02 Å². The Morgan fingerprint density at radius 3 is 2.52 bits per heavy atom. The minimum atomic E-state index is -4.84. The number of hydrogen-bond acceptors (Lipinski definition) is 5. The van der Waals surface area contributed by atoms with Crippen molar-refractivity contribution in [1.29, 1.82) is 0 Å². The predicted octanol–water partition coefficient (Wildman–Crippen LogP) is 2.04. The van der Waals surface area contributed by atoms with Gasteiger partial charge in [0.1, 0.15) is 11.7 Å². The van der Waals surface area contributed by atoms with E-state index < -0.39 is 29.2 Å². The van der Waals surface area contributed by atoms with E-state index in [1.165, 1.54) is 32.2 Å². The number of Topliss-reactive ketones (excluding diaryl/α,β-unsaturated/α-hetero) is 1. The van der Waals surface area contributed by atoms with E-state index >= 15 is 0 Å². The number of H-pyrrole nitrogens is 1. The molecule has 0 amide bonds. The summed E-state index contributed by atoms with van der Waals surface area (Å²) < 4.78 is 38.6. The minimum absolute atomic E-state index is 0.233. The van der Waals surface area contributed by atoms with Gasteiger partial charge in [-0.15, -0.1) is 0 Å². The van der Waals surface area contributed by atoms with Crippen molar-refractivity contribution in [1.82, 2.24) is 15.0 Å². The average Bonchev–Trinajstić information content (AvgIpc) is 2.56. The summed E-state index contributed by atoms with van der Waals surface area (Å²) in [5.41, 5.74) is -0.544. The van der Waals surface area contributed by atoms with Crippen LogP contribution in [0.25, 0.3) is 0 Å². The molecule has 0 aliphatic rings. The molecule has 1 atom stereocenters. The van der Waals surface area contributed by atoms with Gasteiger partial charge in [-0.3, -0.25) is 14.2 Å². The highest BCUT2D eigenvalue weighted by molar-refractivity contribution is 6.31. The molecule has 0 aliphatic heterocycles. The fourth-order valence-corrected chi connectivity index (χ4v) is 2.63. The SMILES string of the molecule is CONC(C(C)=O)c1cc(Cn2c(=O)cc(C(F)(F)F)[nH]c2=O)ccc1Cl. The lowest BCUT2D eigenvalue weighted by Crippen LogP contribution is -2.37. The third-order valence-electron chi connectivity index (χ3n) is 3.68. The summed E-state index contributed by atoms with van der Waals surface area (Å²) in [6.07, 6.45) is -4.84. The molecule has 2 N–H and O–H groups in total. The lowest BCUT2D eigenvalue weighted by molar-refractivity contribution is -0.141. The maximum Gasteiger partial charge on any atom is 0.431 e. The molecule has 1 aromatic heterocycles. The maximum atomic E-state index is 12.7. The van der Waals surface area contributed by atoms with Crippen LogP contribution in [0.4, 0.5) is 13.2 Å². The molecule has 0 bridgehead atoms. The molecule has 0 spiro atoms. The molecule has 0 radical (unpaired) electrons. The fourth-order valence-electron chi connectivity index (χ4n) is 2.40. The Hall–Kier alpha value is -2.43. The Bertz CT molecular complexity index is 937. The molecule has 2 rings (SSSR count). The van der Waals surface area contributed by atoms with Gasteiger partial charge in [-0.25, -0.2) is 4.79 Å². The van der Waals surface area contributed by atoms with Crippen LogP contribution in [0.3, 0.4) is 0 Å². The predicted molar refractivity (Wildman–Crippen MR) is 90.4 cm³/mol. The van der Waals surface area contributed by atoms with Gasteiger partial charge in [0.05, 0.1) is 13.7 Å². The first-order valence-electron chi connectivity index (χ1n) is 7.53. The number of alkyl halides is 3. The number of hydrogen-bond donors (Lipinski definition) is 2. The molecule has 1 unspecified atom stereocenters. The number of nitrogens with one attached hydrogen (secondary N) is 2. The molecule has 146 valence electrons. The third-order valence-corrected chi connectivity index (χ3v) is 4.02. The second-order valence-corrected chi connectivity index (χ2v) is 6.04. The molecular formula is C16H15ClF3N3O4. The van der Waals surface area contributed by atoms with Gasteiger partial charge in [-0.05, 0) is 24.1 Å². The van der Waals surface area contributed by atoms with Gasteiger partial charge in [-0.2, -0.15) is 18.7 Å². The quantitative estimate of drug-likeness (QED) is 0.717. The Morgan fingerprint density at radius 2 is 2.00 bits per heavy atom. The van der Waals surface area contributed by atoms with Crippen LogP contribution in [0.5, 0.6) is 0 Å². The lowest BCUT2D eigenvalue weighted by Gasteiger charge is -2.17. The number of nitrogens with zero attached hydrogens (tertiary/aromatic N) is 1. The Labute approximate surface area is 155 Å². The zero-order valence-corrected chi connectivity index (χ0v) is 14.9. The van der Waals surface area contributed by atoms with E-state index in [1.807, 2.05) is 0 Å². The molecular weight excluding hydrogens is 391 g/mol. The number of hydroxylamine groups is 1. The van der Waals surface area contributed by atoms with Gasteiger partial charge >= 0.3 is 11.9 Å². The highest BCUT2D eigenvalue weighted by Crippen LogP contribution is 2.26. The minimum Gasteiger partial charge on any atom is -0.304 e. The summed E-state index contributed by atoms with van der Waals surface area (Å²) in [6.45, 7) is 0.999. The van der Waals surface area contributed by atoms with Crippen LogP contribution >= 0.6 is 11.6 Å². The standard InChI is InChI=1S/C16H15ClF3N3O4/c1-8(24)14(22-27-2)10-5-9(3-4-11(10)17)7-23-13(25)6-12(16(18,19)20)21-15(23)26/h3-6,14,22H,7H2,1-2H3,(H,21,26). The topological polar surface area (TPSA) is 93.2 Å². The zero-order chi connectivity index (χ0) is 20.4. The van der Waals surface area contributed by atoms with Gasteiger partial charge in [0.25, 0.3) is 5.56 Å². The van der Waals surface area contributed by atoms with Crippen molar-refractivity contribution >= 4 is 17.4 Å². The number of carbonyl (C=O) groups excluding carboxylic acids is 1. The Balaban J connectivity index is 2.45. The zero-order valence-electron chi connectivity index (χ0n) is 14.2. The van der Waals surface area contributed by atoms with Crippen molar-refractivity contribution in [3.8, 4) is 0 Å². The van der Waals surface area contributed by atoms with E-state index in [4.69, 9.17) is 16.4 Å². The van der Waals surface area contributed by atoms with Gasteiger partial charge in [0, 0.05) is 11.1 Å². The smallest absolute Gasteiger partial charge is 0.304 e. The van der Waals surface area contributed by atoms with Crippen LogP contribution in [-0.4, -0.2) is 22.4 Å². The van der Waals surface area contributed by atoms with Crippen LogP contribution in [-0.2, 0) is 22.4 Å². The van der Waals surface area contributed by atoms with Crippen molar-refractivity contribution in [3.63, 3.8) is 0 Å². The highest BCUT2D eigenvalue weighted by atomic mass is 35.5. The molecule has 1 heterocycles. The summed E-state index contributed by atoms with van der Waals surface area (Å²) in [4.78, 5) is 42.0. The number of benzene rings is 1. The second kappa shape index (κ2) is 8.07. The van der Waals surface area contributed by atoms with Crippen molar-refractivity contribution < 1.29 is 22.8 Å². The molecule has 1 aromatic carbocycles. The van der Waals surface area contributed by atoms with Crippen LogP contribution < -0.4 is 16.7 Å². The fraction of sp³-hybridized carbons (Fsp3) is 0.312. The number of aromatic amines is 1. The monoisotopic (exact) mass is 405 g/mol. The number of carbonyl (C=O) groups is 1. The van der Waals surface area contributed by atoms with E-state index in [0.29, 0.717) is 21.8 Å². The van der Waals surface area contributed by atoms with Crippen molar-refractivity contribution in [2.75, 3.05) is 7.11 Å². The molecule has 0 saturated carbocycles. The number of ketones is 1. The molecule has 0 saturated heterocycles. The van der Waals surface area contributed by atoms with Crippen molar-refractivity contribution in [2.45, 2.75) is 25.7 Å². The average molecular weight is 406 g/mol. The molecule has 11 heteroatoms. The van der Waals surface area contributed by atoms with Crippen molar-refractivity contribution in [2.24, 2.45) is 0 Å². The van der Waals surface area contributed by atoms with Gasteiger partial charge < -0.3 is 9.82 Å². The first-order chi connectivity index (χ1) is 12.5. The largest absolute Gasteiger partial charge is 0.431 e. The van der Waals surface area contributed by atoms with Crippen LogP contribution in [0.1, 0.15) is 29.8 Å². The second-order valence-electron chi connectivity index (χ2n) is 5.63. The first-order valence-corrected chi connectivity index (χ1v) is 7.91. The van der Waals surface area contributed by atoms with E-state index in [1.54, 1.807) is 4.98 Å². The van der Waals surface area contributed by atoms with E-state index in [9.17, 15) is 27.6 Å². The Kier molecular flexibility index (Phi) is 6.24. The van der Waals surface area contributed by atoms with E-state index in [-0.39, 0.29) is 17.4 Å². The third kappa shape index (κ3) is 4.85. The lowest BCUT2D eigenvalue weighted by atomic mass is 10.0. The van der Waals surface area contributed by atoms with Gasteiger partial charge in [-0.1, -0.05) is 23.7 Å². The number of halogens is 4. The molecule has 2 aromatic rings. The summed E-state index contributed by atoms with van der Waals surface area (Å²) >= 11 is 6.10. The Morgan fingerprint density at radius 1 is 1.33 bits per heavy atom. The van der Waals surface area contributed by atoms with E-state index in [0.717, 1.165) is 0 Å².